The van der Waals surface area contributed by atoms with E-state index in [0.29, 0.717) is 72.4 Å². The minimum Gasteiger partial charge on any atom is -0.496 e. The molecule has 2 N–H and O–H groups in total. The van der Waals surface area contributed by atoms with Gasteiger partial charge in [0.05, 0.1) is 30.0 Å². The number of aromatic nitrogens is 2. The van der Waals surface area contributed by atoms with Gasteiger partial charge in [-0.15, -0.1) is 0 Å². The number of anilines is 1. The van der Waals surface area contributed by atoms with E-state index in [1.165, 1.54) is 17.9 Å². The summed E-state index contributed by atoms with van der Waals surface area (Å²) in [6.07, 6.45) is 6.33. The predicted octanol–water partition coefficient (Wildman–Crippen LogP) is 6.30. The number of pyridine rings is 2. The van der Waals surface area contributed by atoms with Crippen molar-refractivity contribution in [3.63, 3.8) is 0 Å². The highest BCUT2D eigenvalue weighted by Gasteiger charge is 2.45. The highest BCUT2D eigenvalue weighted by atomic mass is 35.5. The van der Waals surface area contributed by atoms with Crippen LogP contribution in [0, 0.1) is 0 Å². The Bertz CT molecular complexity index is 2470. The smallest absolute Gasteiger partial charge is 0.267 e. The van der Waals surface area contributed by atoms with E-state index in [2.05, 4.69) is 15.6 Å². The van der Waals surface area contributed by atoms with Crippen LogP contribution in [0.5, 0.6) is 5.75 Å². The normalized spacial score (nSPS) is 19.6. The Kier molecular flexibility index (Phi) is 10.3. The average molecular weight is 795 g/mol. The molecule has 11 nitrogen and oxygen atoms in total. The van der Waals surface area contributed by atoms with Crippen molar-refractivity contribution in [2.45, 2.75) is 56.7 Å². The monoisotopic (exact) mass is 794 g/mol. The summed E-state index contributed by atoms with van der Waals surface area (Å²) in [6, 6.07) is 17.3. The largest absolute Gasteiger partial charge is 0.496 e. The number of hydrogen-bond acceptors (Lipinski definition) is 8. The van der Waals surface area contributed by atoms with E-state index >= 15 is 8.78 Å². The maximum absolute atomic E-state index is 15.8. The maximum atomic E-state index is 15.8. The van der Waals surface area contributed by atoms with Crippen molar-refractivity contribution >= 4 is 45.8 Å². The molecule has 3 aliphatic rings. The number of nitrogens with one attached hydrogen (secondary N) is 2. The van der Waals surface area contributed by atoms with E-state index in [0.717, 1.165) is 22.3 Å². The highest BCUT2D eigenvalue weighted by molar-refractivity contribution is 6.34. The number of carbonyl (C=O) groups excluding carboxylic acids is 3. The molecular weight excluding hydrogens is 754 g/mol. The molecule has 0 saturated carbocycles. The molecule has 5 aromatic rings. The molecule has 3 aromatic carbocycles. The Morgan fingerprint density at radius 3 is 2.60 bits per heavy atom. The number of rotatable bonds is 8. The Hall–Kier alpha value is -5.66. The van der Waals surface area contributed by atoms with Gasteiger partial charge in [0.25, 0.3) is 17.4 Å². The molecule has 3 amide bonds. The van der Waals surface area contributed by atoms with Gasteiger partial charge in [-0.2, -0.15) is 0 Å². The van der Waals surface area contributed by atoms with Crippen LogP contribution in [-0.4, -0.2) is 75.8 Å². The van der Waals surface area contributed by atoms with Crippen LogP contribution in [0.4, 0.5) is 14.5 Å². The van der Waals surface area contributed by atoms with Crippen molar-refractivity contribution in [1.82, 2.24) is 24.7 Å². The summed E-state index contributed by atoms with van der Waals surface area (Å²) >= 11 is 6.86. The number of fused-ring (bicyclic) bond motifs is 2. The van der Waals surface area contributed by atoms with Crippen molar-refractivity contribution in [2.75, 3.05) is 32.1 Å². The quantitative estimate of drug-likeness (QED) is 0.176. The Labute approximate surface area is 332 Å². The van der Waals surface area contributed by atoms with Gasteiger partial charge < -0.3 is 19.5 Å². The molecule has 2 atom stereocenters. The number of imide groups is 1. The zero-order valence-corrected chi connectivity index (χ0v) is 32.2. The number of alkyl halides is 2. The standard InChI is InChI=1S/C43H41ClF2N6O5/c1-50-23-33(31-12-15-47-20-32(31)41(50)55)28-18-35(44)39(37(19-28)57-2)42(56)52-17-13-30-26(4-3-5-27(30)22-52)21-51-16-14-34(43(45,46)24-51)25-6-8-29(9-7-25)48-36-10-11-38(53)49-40(36)54/h3-9,12,15,18-20,23,34,36,48H,10-11,13-14,16-17,21-22,24H2,1-2H3,(H,49,53,54). The van der Waals surface area contributed by atoms with Crippen molar-refractivity contribution in [2.24, 2.45) is 7.05 Å². The summed E-state index contributed by atoms with van der Waals surface area (Å²) in [5.41, 5.74) is 5.65. The van der Waals surface area contributed by atoms with E-state index in [1.807, 2.05) is 18.2 Å². The molecule has 0 bridgehead atoms. The zero-order valence-electron chi connectivity index (χ0n) is 31.5. The minimum atomic E-state index is -2.97. The molecule has 2 fully saturated rings. The summed E-state index contributed by atoms with van der Waals surface area (Å²) in [6.45, 7) is 1.21. The number of piperidine rings is 2. The minimum absolute atomic E-state index is 0.176. The SMILES string of the molecule is COc1cc(-c2cn(C)c(=O)c3cnccc23)cc(Cl)c1C(=O)N1CCc2c(CN3CCC(c4ccc(NC5CCC(=O)NC5=O)cc4)C(F)(F)C3)cccc2C1. The van der Waals surface area contributed by atoms with E-state index in [9.17, 15) is 19.2 Å². The number of hydrogen-bond donors (Lipinski definition) is 2. The molecule has 57 heavy (non-hydrogen) atoms. The third kappa shape index (κ3) is 7.49. The van der Waals surface area contributed by atoms with E-state index in [4.69, 9.17) is 16.3 Å². The maximum Gasteiger partial charge on any atom is 0.267 e. The van der Waals surface area contributed by atoms with Crippen LogP contribution in [-0.2, 0) is 36.1 Å². The van der Waals surface area contributed by atoms with E-state index in [-0.39, 0.29) is 53.3 Å². The van der Waals surface area contributed by atoms with Crippen LogP contribution in [0.15, 0.2) is 84.0 Å². The van der Waals surface area contributed by atoms with Gasteiger partial charge in [0.2, 0.25) is 11.8 Å². The molecular formula is C43H41ClF2N6O5. The first kappa shape index (κ1) is 38.2. The van der Waals surface area contributed by atoms with Crippen LogP contribution in [0.3, 0.4) is 0 Å². The molecule has 8 rings (SSSR count). The lowest BCUT2D eigenvalue weighted by Crippen LogP contribution is -2.47. The number of nitrogens with zero attached hydrogens (tertiary/aromatic N) is 4. The first-order chi connectivity index (χ1) is 27.4. The molecule has 14 heteroatoms. The number of benzene rings is 3. The number of methoxy groups -OCH3 is 1. The summed E-state index contributed by atoms with van der Waals surface area (Å²) in [7, 11) is 3.15. The molecule has 0 radical (unpaired) electrons. The fraction of sp³-hybridized carbons (Fsp3) is 0.326. The first-order valence-electron chi connectivity index (χ1n) is 18.9. The van der Waals surface area contributed by atoms with Crippen LogP contribution < -0.4 is 20.9 Å². The first-order valence-corrected chi connectivity index (χ1v) is 19.3. The van der Waals surface area contributed by atoms with Crippen molar-refractivity contribution in [1.29, 1.82) is 0 Å². The van der Waals surface area contributed by atoms with Gasteiger partial charge in [-0.05, 0) is 89.3 Å². The number of aryl methyl sites for hydroxylation is 1. The molecule has 0 aliphatic carbocycles. The van der Waals surface area contributed by atoms with Gasteiger partial charge in [0.15, 0.2) is 0 Å². The molecule has 2 unspecified atom stereocenters. The molecule has 5 heterocycles. The molecule has 0 spiro atoms. The number of amides is 3. The lowest BCUT2D eigenvalue weighted by Gasteiger charge is -2.39. The fourth-order valence-electron chi connectivity index (χ4n) is 8.46. The molecule has 294 valence electrons. The number of halogens is 3. The van der Waals surface area contributed by atoms with Crippen molar-refractivity contribution < 1.29 is 27.9 Å². The Morgan fingerprint density at radius 1 is 1.04 bits per heavy atom. The number of carbonyl (C=O) groups is 3. The van der Waals surface area contributed by atoms with Gasteiger partial charge in [-0.3, -0.25) is 34.4 Å². The second-order valence-electron chi connectivity index (χ2n) is 15.0. The average Bonchev–Trinajstić information content (AvgIpc) is 3.20. The Balaban J connectivity index is 0.941. The summed E-state index contributed by atoms with van der Waals surface area (Å²) < 4.78 is 38.8. The lowest BCUT2D eigenvalue weighted by atomic mass is 9.85. The van der Waals surface area contributed by atoms with Gasteiger partial charge in [0, 0.05) is 62.9 Å². The fourth-order valence-corrected chi connectivity index (χ4v) is 8.75. The van der Waals surface area contributed by atoms with Gasteiger partial charge in [-0.1, -0.05) is 41.9 Å². The van der Waals surface area contributed by atoms with Crippen LogP contribution in [0.25, 0.3) is 21.9 Å². The van der Waals surface area contributed by atoms with Crippen molar-refractivity contribution in [3.8, 4) is 16.9 Å². The van der Waals surface area contributed by atoms with Crippen LogP contribution in [0.1, 0.15) is 57.8 Å². The second kappa shape index (κ2) is 15.4. The highest BCUT2D eigenvalue weighted by Crippen LogP contribution is 2.42. The second-order valence-corrected chi connectivity index (χ2v) is 15.4. The molecule has 2 aromatic heterocycles. The predicted molar refractivity (Wildman–Crippen MR) is 213 cm³/mol. The summed E-state index contributed by atoms with van der Waals surface area (Å²) in [5, 5.41) is 6.79. The van der Waals surface area contributed by atoms with Crippen LogP contribution >= 0.6 is 11.6 Å². The van der Waals surface area contributed by atoms with Crippen molar-refractivity contribution in [3.05, 3.63) is 122 Å². The van der Waals surface area contributed by atoms with Gasteiger partial charge in [0.1, 0.15) is 17.4 Å². The third-order valence-corrected chi connectivity index (χ3v) is 11.7. The van der Waals surface area contributed by atoms with Gasteiger partial charge in [-0.25, -0.2) is 8.78 Å². The Morgan fingerprint density at radius 2 is 1.84 bits per heavy atom. The topological polar surface area (TPSA) is 126 Å². The van der Waals surface area contributed by atoms with Crippen LogP contribution in [0.2, 0.25) is 5.02 Å². The van der Waals surface area contributed by atoms with Gasteiger partial charge >= 0.3 is 0 Å². The third-order valence-electron chi connectivity index (χ3n) is 11.4. The van der Waals surface area contributed by atoms with E-state index < -0.39 is 17.9 Å². The molecule has 3 aliphatic heterocycles. The number of likely N-dealkylation sites (tertiary alicyclic amines) is 1. The van der Waals surface area contributed by atoms with E-state index in [1.54, 1.807) is 71.7 Å². The molecule has 2 saturated heterocycles. The lowest BCUT2D eigenvalue weighted by molar-refractivity contribution is -0.133. The zero-order chi connectivity index (χ0) is 40.0. The summed E-state index contributed by atoms with van der Waals surface area (Å²) in [4.78, 5) is 58.1. The number of ether oxygens (including phenoxy) is 1. The summed E-state index contributed by atoms with van der Waals surface area (Å²) in [5.74, 6) is -4.58.